The van der Waals surface area contributed by atoms with Gasteiger partial charge in [0, 0.05) is 134 Å². The molecule has 3 aromatic rings. The normalized spacial score (nSPS) is 17.8. The molecule has 0 saturated carbocycles. The van der Waals surface area contributed by atoms with E-state index in [1.807, 2.05) is 24.0 Å². The summed E-state index contributed by atoms with van der Waals surface area (Å²) in [6, 6.07) is 13.1. The molecule has 506 valence electrons. The van der Waals surface area contributed by atoms with Gasteiger partial charge in [0.05, 0.1) is 63.0 Å². The number of benzene rings is 2. The third-order valence-corrected chi connectivity index (χ3v) is 17.6. The fraction of sp³-hybridized carbons (Fsp3) is 0.609. The van der Waals surface area contributed by atoms with E-state index < -0.39 is 79.1 Å². The Kier molecular flexibility index (Phi) is 30.9. The van der Waals surface area contributed by atoms with Gasteiger partial charge in [0.25, 0.3) is 11.8 Å². The van der Waals surface area contributed by atoms with Crippen molar-refractivity contribution in [3.8, 4) is 5.75 Å². The first-order chi connectivity index (χ1) is 44.1. The number of pyridine rings is 1. The zero-order valence-corrected chi connectivity index (χ0v) is 53.8. The number of aromatic nitrogens is 1. The van der Waals surface area contributed by atoms with Gasteiger partial charge in [-0.1, -0.05) is 36.2 Å². The predicted molar refractivity (Wildman–Crippen MR) is 344 cm³/mol. The molecule has 1 aromatic heterocycles. The molecule has 0 spiro atoms. The van der Waals surface area contributed by atoms with E-state index in [0.29, 0.717) is 99.6 Å². The number of nitrogens with zero attached hydrogens (tertiary/aromatic N) is 8. The number of rotatable bonds is 34. The van der Waals surface area contributed by atoms with E-state index in [1.165, 1.54) is 42.9 Å². The molecule has 6 rings (SSSR count). The average molecular weight is 1310 g/mol. The van der Waals surface area contributed by atoms with Crippen molar-refractivity contribution >= 4 is 82.2 Å². The number of thioether (sulfide) groups is 1. The quantitative estimate of drug-likeness (QED) is 0.0334. The number of carbonyl (C=O) groups is 9. The Morgan fingerprint density at radius 3 is 1.97 bits per heavy atom. The number of alkyl halides is 2. The molecule has 92 heavy (non-hydrogen) atoms. The number of amides is 6. The molecule has 3 aliphatic rings. The minimum atomic E-state index is -3.05. The highest BCUT2D eigenvalue weighted by Crippen LogP contribution is 2.32. The molecule has 0 bridgehead atoms. The smallest absolute Gasteiger partial charge is 0.317 e. The Labute approximate surface area is 540 Å². The second-order valence-corrected chi connectivity index (χ2v) is 25.0. The average Bonchev–Trinajstić information content (AvgIpc) is 1.23. The molecule has 2 atom stereocenters. The summed E-state index contributed by atoms with van der Waals surface area (Å²) in [4.78, 5) is 133. The highest BCUT2D eigenvalue weighted by molar-refractivity contribution is 7.99. The minimum Gasteiger partial charge on any atom is -0.494 e. The van der Waals surface area contributed by atoms with Gasteiger partial charge in [-0.3, -0.25) is 72.7 Å². The molecule has 2 aromatic carbocycles. The summed E-state index contributed by atoms with van der Waals surface area (Å²) in [5, 5.41) is 40.7. The van der Waals surface area contributed by atoms with Crippen molar-refractivity contribution in [2.24, 2.45) is 10.9 Å². The van der Waals surface area contributed by atoms with Crippen LogP contribution in [0.1, 0.15) is 92.1 Å². The van der Waals surface area contributed by atoms with E-state index in [0.717, 1.165) is 42.6 Å². The van der Waals surface area contributed by atoms with Crippen LogP contribution in [0.25, 0.3) is 10.9 Å². The SMILES string of the molecule is C/N=C/[C@H]1CC(F)(F)CN1C(=O)CNC(=O)c1ccnc2ccc(OCCCC3CCN(C(=O)CCCCCNC(=O)[C@H](CSCCNC(=O)CCCc4ccc(C)cc4)NC(=O)CN4CCN(CC(=O)O)CCN(CC(=O)O)CCN(CC(=O)O)CC4)CC3)cc12. The lowest BCUT2D eigenvalue weighted by molar-refractivity contribution is -0.140. The molecular weight excluding hydrogens is 1210 g/mol. The number of carboxylic acid groups (broad SMARTS) is 3. The van der Waals surface area contributed by atoms with Crippen LogP contribution in [0.2, 0.25) is 0 Å². The van der Waals surface area contributed by atoms with Crippen LogP contribution >= 0.6 is 11.8 Å². The molecule has 3 fully saturated rings. The van der Waals surface area contributed by atoms with Crippen molar-refractivity contribution in [3.05, 3.63) is 71.4 Å². The number of piperidine rings is 1. The first-order valence-electron chi connectivity index (χ1n) is 31.8. The number of hydrogen-bond acceptors (Lipinski definition) is 17. The molecule has 28 heteroatoms. The van der Waals surface area contributed by atoms with E-state index >= 15 is 0 Å². The van der Waals surface area contributed by atoms with E-state index in [1.54, 1.807) is 37.8 Å². The number of unbranched alkanes of at least 4 members (excludes halogenated alkanes) is 2. The van der Waals surface area contributed by atoms with Crippen molar-refractivity contribution in [3.63, 3.8) is 0 Å². The Morgan fingerprint density at radius 2 is 1.35 bits per heavy atom. The van der Waals surface area contributed by atoms with Crippen molar-refractivity contribution in [1.29, 1.82) is 0 Å². The van der Waals surface area contributed by atoms with Crippen LogP contribution < -0.4 is 26.0 Å². The summed E-state index contributed by atoms with van der Waals surface area (Å²) in [7, 11) is 1.45. The van der Waals surface area contributed by atoms with Crippen LogP contribution in [0, 0.1) is 12.8 Å². The lowest BCUT2D eigenvalue weighted by Crippen LogP contribution is -2.53. The Bertz CT molecular complexity index is 2930. The Hall–Kier alpha value is -7.40. The monoisotopic (exact) mass is 1310 g/mol. The number of aliphatic carboxylic acids is 3. The van der Waals surface area contributed by atoms with Gasteiger partial charge < -0.3 is 51.1 Å². The Balaban J connectivity index is 0.920. The van der Waals surface area contributed by atoms with Crippen molar-refractivity contribution < 1.29 is 72.0 Å². The number of fused-ring (bicyclic) bond motifs is 1. The number of halogens is 2. The van der Waals surface area contributed by atoms with Gasteiger partial charge in [0.15, 0.2) is 0 Å². The van der Waals surface area contributed by atoms with E-state index in [9.17, 15) is 67.3 Å². The van der Waals surface area contributed by atoms with Crippen molar-refractivity contribution in [2.45, 2.75) is 102 Å². The van der Waals surface area contributed by atoms with Gasteiger partial charge in [-0.2, -0.15) is 11.8 Å². The number of aliphatic imine (C=N–C) groups is 1. The van der Waals surface area contributed by atoms with E-state index in [-0.39, 0.29) is 102 Å². The molecule has 0 radical (unpaired) electrons. The van der Waals surface area contributed by atoms with Crippen molar-refractivity contribution in [1.82, 2.24) is 55.7 Å². The largest absolute Gasteiger partial charge is 0.494 e. The van der Waals surface area contributed by atoms with Crippen LogP contribution in [0.3, 0.4) is 0 Å². The second kappa shape index (κ2) is 38.6. The standard InChI is InChI=1S/C64H92F2N12O13S/c1-46-12-14-47(15-13-46)8-6-10-55(79)69-23-35-92-44-54(72-56(80)40-73-26-28-74(41-59(83)84)30-32-76(43-61(87)88)33-31-75(29-27-73)42-60(85)86)63(90)70-21-5-3-4-11-57(81)77-24-19-48(20-25-77)9-7-34-91-50-16-17-53-52(36-50)51(18-22-68-53)62(89)71-39-58(82)78-45-64(65,66)37-49(78)38-67-2/h12-18,22,36,38,48-49,54H,3-11,19-21,23-35,37,39-45H2,1-2H3,(H,69,79)(H,70,90)(H,71,89)(H,72,80)(H,83,84)(H,85,86)(H,87,88)/b67-38+/t49-,54+/m1/s1. The van der Waals surface area contributed by atoms with Gasteiger partial charge in [-0.15, -0.1) is 0 Å². The van der Waals surface area contributed by atoms with E-state index in [4.69, 9.17) is 4.74 Å². The van der Waals surface area contributed by atoms with Crippen LogP contribution in [0.5, 0.6) is 5.75 Å². The molecule has 4 heterocycles. The molecule has 6 amide bonds. The summed E-state index contributed by atoms with van der Waals surface area (Å²) < 4.78 is 34.4. The summed E-state index contributed by atoms with van der Waals surface area (Å²) in [6.45, 7) is 3.84. The zero-order valence-electron chi connectivity index (χ0n) is 53.0. The van der Waals surface area contributed by atoms with Gasteiger partial charge in [-0.05, 0) is 94.0 Å². The number of nitrogens with one attached hydrogen (secondary N) is 4. The lowest BCUT2D eigenvalue weighted by Gasteiger charge is -2.33. The summed E-state index contributed by atoms with van der Waals surface area (Å²) in [5.41, 5.74) is 3.12. The van der Waals surface area contributed by atoms with Gasteiger partial charge in [-0.25, -0.2) is 8.78 Å². The maximum absolute atomic E-state index is 14.1. The maximum atomic E-state index is 14.1. The number of aryl methyl sites for hydroxylation is 2. The molecule has 0 aliphatic carbocycles. The minimum absolute atomic E-state index is 0.0789. The molecular formula is C64H92F2N12O13S. The highest BCUT2D eigenvalue weighted by Gasteiger charge is 2.46. The first kappa shape index (κ1) is 73.6. The molecule has 3 aliphatic heterocycles. The summed E-state index contributed by atoms with van der Waals surface area (Å²) in [5.74, 6) is -6.71. The number of carbonyl (C=O) groups excluding carboxylic acids is 6. The number of hydrogen-bond donors (Lipinski definition) is 7. The van der Waals surface area contributed by atoms with Gasteiger partial charge in [0.2, 0.25) is 29.5 Å². The van der Waals surface area contributed by atoms with E-state index in [2.05, 4.69) is 43.4 Å². The maximum Gasteiger partial charge on any atom is 0.317 e. The highest BCUT2D eigenvalue weighted by atomic mass is 32.2. The summed E-state index contributed by atoms with van der Waals surface area (Å²) >= 11 is 1.40. The van der Waals surface area contributed by atoms with Crippen LogP contribution in [-0.4, -0.2) is 270 Å². The zero-order chi connectivity index (χ0) is 66.4. The topological polar surface area (TPSA) is 316 Å². The Morgan fingerprint density at radius 1 is 0.717 bits per heavy atom. The van der Waals surface area contributed by atoms with Gasteiger partial charge >= 0.3 is 17.9 Å². The fourth-order valence-corrected chi connectivity index (χ4v) is 12.3. The third-order valence-electron chi connectivity index (χ3n) is 16.5. The van der Waals surface area contributed by atoms with Gasteiger partial charge in [0.1, 0.15) is 11.8 Å². The lowest BCUT2D eigenvalue weighted by atomic mass is 9.92. The van der Waals surface area contributed by atoms with Crippen LogP contribution in [0.15, 0.2) is 59.7 Å². The molecule has 3 saturated heterocycles. The molecule has 7 N–H and O–H groups in total. The number of likely N-dealkylation sites (tertiary alicyclic amines) is 2. The first-order valence-corrected chi connectivity index (χ1v) is 33.0. The molecule has 0 unspecified atom stereocenters. The third kappa shape index (κ3) is 26.7. The summed E-state index contributed by atoms with van der Waals surface area (Å²) in [6.07, 6.45) is 9.73. The second-order valence-electron chi connectivity index (χ2n) is 23.9. The van der Waals surface area contributed by atoms with Crippen molar-refractivity contribution in [2.75, 3.05) is 143 Å². The predicted octanol–water partition coefficient (Wildman–Crippen LogP) is 3.12. The number of ether oxygens (including phenoxy) is 1. The van der Waals surface area contributed by atoms with Crippen LogP contribution in [-0.2, 0) is 44.8 Å². The van der Waals surface area contributed by atoms with Crippen LogP contribution in [0.4, 0.5) is 8.78 Å². The molecule has 25 nitrogen and oxygen atoms in total. The fourth-order valence-electron chi connectivity index (χ4n) is 11.5. The number of carboxylic acids is 3.